The topological polar surface area (TPSA) is 53.6 Å². The van der Waals surface area contributed by atoms with Gasteiger partial charge in [0.25, 0.3) is 0 Å². The van der Waals surface area contributed by atoms with Crippen LogP contribution in [0.4, 0.5) is 0 Å². The van der Waals surface area contributed by atoms with Gasteiger partial charge in [-0.05, 0) is 24.6 Å². The van der Waals surface area contributed by atoms with Crippen molar-refractivity contribution in [3.8, 4) is 0 Å². The summed E-state index contributed by atoms with van der Waals surface area (Å²) in [5.41, 5.74) is 2.37. The molecule has 96 valence electrons. The van der Waals surface area contributed by atoms with Crippen molar-refractivity contribution < 1.29 is 0 Å². The van der Waals surface area contributed by atoms with E-state index in [1.54, 1.807) is 6.20 Å². The minimum atomic E-state index is 0.199. The van der Waals surface area contributed by atoms with E-state index in [0.717, 1.165) is 30.9 Å². The summed E-state index contributed by atoms with van der Waals surface area (Å²) in [5, 5.41) is 3.43. The molecule has 0 radical (unpaired) electrons. The molecule has 2 rings (SSSR count). The van der Waals surface area contributed by atoms with Crippen molar-refractivity contribution in [2.45, 2.75) is 32.7 Å². The summed E-state index contributed by atoms with van der Waals surface area (Å²) in [4.78, 5) is 12.0. The highest BCUT2D eigenvalue weighted by molar-refractivity contribution is 5.15. The Morgan fingerprint density at radius 1 is 1.28 bits per heavy atom. The van der Waals surface area contributed by atoms with E-state index in [-0.39, 0.29) is 6.04 Å². The van der Waals surface area contributed by atoms with Gasteiger partial charge in [-0.3, -0.25) is 4.98 Å². The predicted molar refractivity (Wildman–Crippen MR) is 72.3 cm³/mol. The normalized spacial score (nSPS) is 12.6. The number of hydrogen-bond donors (Lipinski definition) is 2. The van der Waals surface area contributed by atoms with Crippen molar-refractivity contribution in [3.05, 3.63) is 47.8 Å². The van der Waals surface area contributed by atoms with Crippen LogP contribution in [0.25, 0.3) is 0 Å². The van der Waals surface area contributed by atoms with E-state index in [0.29, 0.717) is 0 Å². The fourth-order valence-corrected chi connectivity index (χ4v) is 1.97. The molecule has 1 atom stereocenters. The molecule has 4 nitrogen and oxygen atoms in total. The zero-order valence-electron chi connectivity index (χ0n) is 11.0. The highest BCUT2D eigenvalue weighted by atomic mass is 15.0. The first-order valence-electron chi connectivity index (χ1n) is 6.50. The Kier molecular flexibility index (Phi) is 4.47. The summed E-state index contributed by atoms with van der Waals surface area (Å²) in [6, 6.07) is 4.45. The standard InChI is InChI=1S/C14H20N4/c1-3-11-5-6-12(18-10-11)9-13(15-4-2)14-16-7-8-17-14/h5-8,10,13,15H,3-4,9H2,1-2H3,(H,16,17). The van der Waals surface area contributed by atoms with Gasteiger partial charge in [-0.25, -0.2) is 4.98 Å². The van der Waals surface area contributed by atoms with Gasteiger partial charge in [0.2, 0.25) is 0 Å². The third kappa shape index (κ3) is 3.17. The van der Waals surface area contributed by atoms with Crippen molar-refractivity contribution >= 4 is 0 Å². The molecule has 0 fully saturated rings. The first kappa shape index (κ1) is 12.8. The second-order valence-electron chi connectivity index (χ2n) is 4.30. The van der Waals surface area contributed by atoms with Gasteiger partial charge in [-0.15, -0.1) is 0 Å². The number of aromatic nitrogens is 3. The van der Waals surface area contributed by atoms with Gasteiger partial charge in [0.1, 0.15) is 5.82 Å². The number of aromatic amines is 1. The Hall–Kier alpha value is -1.68. The van der Waals surface area contributed by atoms with Crippen molar-refractivity contribution in [3.63, 3.8) is 0 Å². The maximum atomic E-state index is 4.50. The van der Waals surface area contributed by atoms with Crippen LogP contribution >= 0.6 is 0 Å². The van der Waals surface area contributed by atoms with Gasteiger partial charge >= 0.3 is 0 Å². The molecule has 2 heterocycles. The number of H-pyrrole nitrogens is 1. The van der Waals surface area contributed by atoms with Crippen molar-refractivity contribution in [1.82, 2.24) is 20.3 Å². The van der Waals surface area contributed by atoms with E-state index in [1.165, 1.54) is 5.56 Å². The van der Waals surface area contributed by atoms with Crippen LogP contribution in [-0.4, -0.2) is 21.5 Å². The van der Waals surface area contributed by atoms with E-state index in [2.05, 4.69) is 46.2 Å². The summed E-state index contributed by atoms with van der Waals surface area (Å²) >= 11 is 0. The highest BCUT2D eigenvalue weighted by Crippen LogP contribution is 2.14. The monoisotopic (exact) mass is 244 g/mol. The molecule has 2 N–H and O–H groups in total. The van der Waals surface area contributed by atoms with Gasteiger partial charge in [0.15, 0.2) is 0 Å². The Morgan fingerprint density at radius 3 is 2.72 bits per heavy atom. The number of aryl methyl sites for hydroxylation is 1. The molecule has 0 aliphatic rings. The quantitative estimate of drug-likeness (QED) is 0.819. The predicted octanol–water partition coefficient (Wildman–Crippen LogP) is 2.26. The van der Waals surface area contributed by atoms with E-state index in [1.807, 2.05) is 12.4 Å². The average molecular weight is 244 g/mol. The fraction of sp³-hybridized carbons (Fsp3) is 0.429. The molecule has 1 unspecified atom stereocenters. The molecule has 0 amide bonds. The SMILES string of the molecule is CCNC(Cc1ccc(CC)cn1)c1ncc[nH]1. The number of rotatable bonds is 6. The number of likely N-dealkylation sites (N-methyl/N-ethyl adjacent to an activating group) is 1. The van der Waals surface area contributed by atoms with Gasteiger partial charge in [0, 0.05) is 30.7 Å². The number of nitrogens with one attached hydrogen (secondary N) is 2. The van der Waals surface area contributed by atoms with Gasteiger partial charge in [0.05, 0.1) is 6.04 Å². The maximum Gasteiger partial charge on any atom is 0.123 e. The van der Waals surface area contributed by atoms with Gasteiger partial charge < -0.3 is 10.3 Å². The van der Waals surface area contributed by atoms with Crippen LogP contribution in [0, 0.1) is 0 Å². The number of imidazole rings is 1. The average Bonchev–Trinajstić information content (AvgIpc) is 2.93. The molecular formula is C14H20N4. The van der Waals surface area contributed by atoms with Crippen LogP contribution in [0.15, 0.2) is 30.7 Å². The molecule has 0 spiro atoms. The number of hydrogen-bond acceptors (Lipinski definition) is 3. The van der Waals surface area contributed by atoms with E-state index in [9.17, 15) is 0 Å². The van der Waals surface area contributed by atoms with Crippen molar-refractivity contribution in [2.75, 3.05) is 6.54 Å². The van der Waals surface area contributed by atoms with Crippen LogP contribution in [0.1, 0.15) is 37.0 Å². The number of pyridine rings is 1. The van der Waals surface area contributed by atoms with Crippen LogP contribution in [0.5, 0.6) is 0 Å². The largest absolute Gasteiger partial charge is 0.347 e. The first-order valence-corrected chi connectivity index (χ1v) is 6.50. The third-order valence-electron chi connectivity index (χ3n) is 3.01. The van der Waals surface area contributed by atoms with Crippen LogP contribution in [0.3, 0.4) is 0 Å². The molecule has 18 heavy (non-hydrogen) atoms. The van der Waals surface area contributed by atoms with E-state index < -0.39 is 0 Å². The zero-order chi connectivity index (χ0) is 12.8. The minimum absolute atomic E-state index is 0.199. The summed E-state index contributed by atoms with van der Waals surface area (Å²) in [5.74, 6) is 0.971. The molecule has 0 saturated carbocycles. The molecular weight excluding hydrogens is 224 g/mol. The molecule has 2 aromatic rings. The molecule has 0 aliphatic carbocycles. The van der Waals surface area contributed by atoms with Gasteiger partial charge in [-0.2, -0.15) is 0 Å². The van der Waals surface area contributed by atoms with Crippen LogP contribution in [0.2, 0.25) is 0 Å². The molecule has 0 bridgehead atoms. The van der Waals surface area contributed by atoms with Gasteiger partial charge in [-0.1, -0.05) is 19.9 Å². The lowest BCUT2D eigenvalue weighted by molar-refractivity contribution is 0.521. The lowest BCUT2D eigenvalue weighted by Crippen LogP contribution is -2.24. The van der Waals surface area contributed by atoms with Crippen LogP contribution < -0.4 is 5.32 Å². The minimum Gasteiger partial charge on any atom is -0.347 e. The lowest BCUT2D eigenvalue weighted by Gasteiger charge is -2.15. The third-order valence-corrected chi connectivity index (χ3v) is 3.01. The molecule has 2 aromatic heterocycles. The molecule has 0 aliphatic heterocycles. The summed E-state index contributed by atoms with van der Waals surface area (Å²) in [7, 11) is 0. The van der Waals surface area contributed by atoms with E-state index in [4.69, 9.17) is 0 Å². The second-order valence-corrected chi connectivity index (χ2v) is 4.30. The smallest absolute Gasteiger partial charge is 0.123 e. The zero-order valence-corrected chi connectivity index (χ0v) is 11.0. The van der Waals surface area contributed by atoms with E-state index >= 15 is 0 Å². The first-order chi connectivity index (χ1) is 8.83. The Bertz CT molecular complexity index is 447. The molecule has 0 aromatic carbocycles. The number of nitrogens with zero attached hydrogens (tertiary/aromatic N) is 2. The molecule has 0 saturated heterocycles. The van der Waals surface area contributed by atoms with Crippen LogP contribution in [-0.2, 0) is 12.8 Å². The fourth-order valence-electron chi connectivity index (χ4n) is 1.97. The highest BCUT2D eigenvalue weighted by Gasteiger charge is 2.13. The van der Waals surface area contributed by atoms with Crippen molar-refractivity contribution in [1.29, 1.82) is 0 Å². The lowest BCUT2D eigenvalue weighted by atomic mass is 10.1. The Balaban J connectivity index is 2.08. The maximum absolute atomic E-state index is 4.50. The Labute approximate surface area is 108 Å². The Morgan fingerprint density at radius 2 is 2.17 bits per heavy atom. The summed E-state index contributed by atoms with van der Waals surface area (Å²) in [6.07, 6.45) is 7.48. The summed E-state index contributed by atoms with van der Waals surface area (Å²) < 4.78 is 0. The molecule has 4 heteroatoms. The second kappa shape index (κ2) is 6.31. The van der Waals surface area contributed by atoms with Crippen molar-refractivity contribution in [2.24, 2.45) is 0 Å². The summed E-state index contributed by atoms with van der Waals surface area (Å²) in [6.45, 7) is 5.16.